The van der Waals surface area contributed by atoms with Crippen molar-refractivity contribution in [3.63, 3.8) is 0 Å². The first-order chi connectivity index (χ1) is 14.7. The molecule has 1 fully saturated rings. The van der Waals surface area contributed by atoms with Crippen LogP contribution >= 0.6 is 0 Å². The summed E-state index contributed by atoms with van der Waals surface area (Å²) in [4.78, 5) is 16.9. The van der Waals surface area contributed by atoms with Gasteiger partial charge in [-0.25, -0.2) is 9.78 Å². The second-order valence-electron chi connectivity index (χ2n) is 7.66. The summed E-state index contributed by atoms with van der Waals surface area (Å²) in [5.41, 5.74) is 4.79. The van der Waals surface area contributed by atoms with Crippen molar-refractivity contribution in [2.45, 2.75) is 18.8 Å². The molecule has 5 rings (SSSR count). The first-order valence-electron chi connectivity index (χ1n) is 10.2. The molecule has 4 heteroatoms. The van der Waals surface area contributed by atoms with Gasteiger partial charge in [0.2, 0.25) is 0 Å². The van der Waals surface area contributed by atoms with Crippen LogP contribution in [-0.2, 0) is 4.74 Å². The quantitative estimate of drug-likeness (QED) is 0.403. The van der Waals surface area contributed by atoms with E-state index in [4.69, 9.17) is 4.74 Å². The van der Waals surface area contributed by atoms with E-state index in [2.05, 4.69) is 52.8 Å². The van der Waals surface area contributed by atoms with Gasteiger partial charge in [-0.15, -0.1) is 0 Å². The van der Waals surface area contributed by atoms with Crippen molar-refractivity contribution >= 4 is 28.2 Å². The molecular weight excluding hydrogens is 372 g/mol. The van der Waals surface area contributed by atoms with Crippen LogP contribution in [0.2, 0.25) is 0 Å². The molecule has 0 saturated heterocycles. The van der Waals surface area contributed by atoms with Crippen LogP contribution in [0.15, 0.2) is 79.0 Å². The zero-order chi connectivity index (χ0) is 20.5. The molecule has 30 heavy (non-hydrogen) atoms. The van der Waals surface area contributed by atoms with Crippen molar-refractivity contribution < 1.29 is 9.53 Å². The summed E-state index contributed by atoms with van der Waals surface area (Å²) in [6.45, 7) is 0. The summed E-state index contributed by atoms with van der Waals surface area (Å²) in [5.74, 6) is 0.658. The molecule has 0 unspecified atom stereocenters. The third kappa shape index (κ3) is 3.52. The lowest BCUT2D eigenvalue weighted by Crippen LogP contribution is -2.08. The highest BCUT2D eigenvalue weighted by Gasteiger charge is 2.26. The number of anilines is 2. The summed E-state index contributed by atoms with van der Waals surface area (Å²) >= 11 is 0. The highest BCUT2D eigenvalue weighted by molar-refractivity contribution is 6.00. The molecular formula is C26H22N2O2. The summed E-state index contributed by atoms with van der Waals surface area (Å²) in [5, 5.41) is 5.63. The highest BCUT2D eigenvalue weighted by Crippen LogP contribution is 2.41. The van der Waals surface area contributed by atoms with E-state index in [9.17, 15) is 4.79 Å². The lowest BCUT2D eigenvalue weighted by molar-refractivity contribution is 0.0601. The van der Waals surface area contributed by atoms with Gasteiger partial charge >= 0.3 is 5.97 Å². The van der Waals surface area contributed by atoms with Crippen LogP contribution in [0.1, 0.15) is 34.7 Å². The molecule has 1 aromatic heterocycles. The average Bonchev–Trinajstić information content (AvgIpc) is 3.64. The fourth-order valence-corrected chi connectivity index (χ4v) is 3.84. The van der Waals surface area contributed by atoms with Gasteiger partial charge in [0.1, 0.15) is 11.4 Å². The Morgan fingerprint density at radius 2 is 1.83 bits per heavy atom. The molecule has 0 bridgehead atoms. The monoisotopic (exact) mass is 394 g/mol. The number of rotatable bonds is 5. The lowest BCUT2D eigenvalue weighted by Gasteiger charge is -2.13. The van der Waals surface area contributed by atoms with Crippen molar-refractivity contribution in [3.05, 3.63) is 90.1 Å². The number of fused-ring (bicyclic) bond motifs is 1. The number of hydrogen-bond acceptors (Lipinski definition) is 4. The maximum Gasteiger partial charge on any atom is 0.341 e. The Morgan fingerprint density at radius 3 is 2.60 bits per heavy atom. The van der Waals surface area contributed by atoms with Gasteiger partial charge in [0, 0.05) is 11.9 Å². The van der Waals surface area contributed by atoms with E-state index in [1.807, 2.05) is 36.5 Å². The molecule has 1 N–H and O–H groups in total. The van der Waals surface area contributed by atoms with E-state index in [0.717, 1.165) is 34.9 Å². The van der Waals surface area contributed by atoms with E-state index in [1.165, 1.54) is 18.2 Å². The molecule has 1 aliphatic rings. The number of aromatic nitrogens is 1. The highest BCUT2D eigenvalue weighted by atomic mass is 16.5. The van der Waals surface area contributed by atoms with Crippen molar-refractivity contribution in [2.75, 3.05) is 12.4 Å². The first kappa shape index (κ1) is 18.4. The minimum absolute atomic E-state index is 0.377. The summed E-state index contributed by atoms with van der Waals surface area (Å²) in [6.07, 6.45) is 4.17. The largest absolute Gasteiger partial charge is 0.465 e. The fourth-order valence-electron chi connectivity index (χ4n) is 3.84. The topological polar surface area (TPSA) is 51.2 Å². The Bertz CT molecular complexity index is 1230. The second kappa shape index (κ2) is 7.64. The molecule has 4 nitrogen and oxygen atoms in total. The summed E-state index contributed by atoms with van der Waals surface area (Å²) in [7, 11) is 1.40. The van der Waals surface area contributed by atoms with Crippen LogP contribution in [0.4, 0.5) is 11.5 Å². The van der Waals surface area contributed by atoms with E-state index in [0.29, 0.717) is 17.3 Å². The predicted octanol–water partition coefficient (Wildman–Crippen LogP) is 6.31. The zero-order valence-corrected chi connectivity index (χ0v) is 16.8. The summed E-state index contributed by atoms with van der Waals surface area (Å²) in [6, 6.07) is 24.8. The van der Waals surface area contributed by atoms with E-state index in [-0.39, 0.29) is 5.97 Å². The summed E-state index contributed by atoms with van der Waals surface area (Å²) < 4.78 is 5.00. The Balaban J connectivity index is 1.55. The van der Waals surface area contributed by atoms with Crippen LogP contribution in [0, 0.1) is 0 Å². The lowest BCUT2D eigenvalue weighted by atomic mass is 9.98. The Kier molecular flexibility index (Phi) is 4.68. The number of pyridine rings is 1. The molecule has 4 aromatic rings. The predicted molar refractivity (Wildman–Crippen MR) is 120 cm³/mol. The van der Waals surface area contributed by atoms with Gasteiger partial charge in [-0.1, -0.05) is 54.6 Å². The average molecular weight is 394 g/mol. The maximum absolute atomic E-state index is 12.4. The zero-order valence-electron chi connectivity index (χ0n) is 16.8. The van der Waals surface area contributed by atoms with Crippen molar-refractivity contribution in [1.82, 2.24) is 4.98 Å². The van der Waals surface area contributed by atoms with E-state index in [1.54, 1.807) is 0 Å². The smallest absolute Gasteiger partial charge is 0.341 e. The molecule has 148 valence electrons. The second-order valence-corrected chi connectivity index (χ2v) is 7.66. The molecule has 0 radical (unpaired) electrons. The number of nitrogens with one attached hydrogen (secondary N) is 1. The van der Waals surface area contributed by atoms with Crippen LogP contribution < -0.4 is 5.32 Å². The molecule has 0 atom stereocenters. The minimum atomic E-state index is -0.377. The van der Waals surface area contributed by atoms with Crippen molar-refractivity contribution in [1.29, 1.82) is 0 Å². The Labute approximate surface area is 175 Å². The molecule has 3 aromatic carbocycles. The standard InChI is InChI=1S/C26H22N2O2/c1-30-26(29)24-14-20(17-10-11-17)16-27-25(24)28-21-13-12-19-8-5-9-22(23(19)15-21)18-6-3-2-4-7-18/h2-9,12-17H,10-11H2,1H3,(H,27,28). The van der Waals surface area contributed by atoms with Gasteiger partial charge in [-0.2, -0.15) is 0 Å². The SMILES string of the molecule is COC(=O)c1cc(C2CC2)cnc1Nc1ccc2cccc(-c3ccccc3)c2c1. The number of esters is 1. The number of carbonyl (C=O) groups excluding carboxylic acids is 1. The molecule has 0 amide bonds. The van der Waals surface area contributed by atoms with E-state index >= 15 is 0 Å². The van der Waals surface area contributed by atoms with Gasteiger partial charge < -0.3 is 10.1 Å². The number of benzene rings is 3. The molecule has 1 heterocycles. The number of hydrogen-bond donors (Lipinski definition) is 1. The van der Waals surface area contributed by atoms with E-state index < -0.39 is 0 Å². The van der Waals surface area contributed by atoms with Crippen LogP contribution in [-0.4, -0.2) is 18.1 Å². The first-order valence-corrected chi connectivity index (χ1v) is 10.2. The van der Waals surface area contributed by atoms with Gasteiger partial charge in [0.15, 0.2) is 0 Å². The van der Waals surface area contributed by atoms with Crippen LogP contribution in [0.5, 0.6) is 0 Å². The van der Waals surface area contributed by atoms with Gasteiger partial charge in [-0.05, 0) is 64.4 Å². The Hall–Kier alpha value is -3.66. The molecule has 0 spiro atoms. The molecule has 1 saturated carbocycles. The fraction of sp³-hybridized carbons (Fsp3) is 0.154. The number of methoxy groups -OCH3 is 1. The van der Waals surface area contributed by atoms with Gasteiger partial charge in [0.25, 0.3) is 0 Å². The Morgan fingerprint density at radius 1 is 1.00 bits per heavy atom. The minimum Gasteiger partial charge on any atom is -0.465 e. The maximum atomic E-state index is 12.4. The molecule has 0 aliphatic heterocycles. The third-order valence-corrected chi connectivity index (χ3v) is 5.59. The van der Waals surface area contributed by atoms with Gasteiger partial charge in [0.05, 0.1) is 7.11 Å². The van der Waals surface area contributed by atoms with Crippen molar-refractivity contribution in [2.24, 2.45) is 0 Å². The number of nitrogens with zero attached hydrogens (tertiary/aromatic N) is 1. The molecule has 1 aliphatic carbocycles. The number of ether oxygens (including phenoxy) is 1. The number of carbonyl (C=O) groups is 1. The van der Waals surface area contributed by atoms with Crippen LogP contribution in [0.25, 0.3) is 21.9 Å². The van der Waals surface area contributed by atoms with Gasteiger partial charge in [-0.3, -0.25) is 0 Å². The normalized spacial score (nSPS) is 13.2. The van der Waals surface area contributed by atoms with Crippen molar-refractivity contribution in [3.8, 4) is 11.1 Å². The van der Waals surface area contributed by atoms with Crippen LogP contribution in [0.3, 0.4) is 0 Å². The third-order valence-electron chi connectivity index (χ3n) is 5.59.